The average Bonchev–Trinajstić information content (AvgIpc) is 3.84. The first kappa shape index (κ1) is 28.0. The zero-order valence-electron chi connectivity index (χ0n) is 22.2. The van der Waals surface area contributed by atoms with Gasteiger partial charge in [0, 0.05) is 41.4 Å². The summed E-state index contributed by atoms with van der Waals surface area (Å²) < 4.78 is 39.8. The molecular weight excluding hydrogens is 525 g/mol. The molecule has 0 spiro atoms. The van der Waals surface area contributed by atoms with Crippen LogP contribution in [0, 0.1) is 23.7 Å². The van der Waals surface area contributed by atoms with Gasteiger partial charge in [-0.3, -0.25) is 14.4 Å². The number of aryl methyl sites for hydroxylation is 1. The summed E-state index contributed by atoms with van der Waals surface area (Å²) >= 11 is 0. The van der Waals surface area contributed by atoms with Crippen molar-refractivity contribution in [3.8, 4) is 0 Å². The number of fused-ring (bicyclic) bond motifs is 1. The number of benzene rings is 1. The highest BCUT2D eigenvalue weighted by molar-refractivity contribution is 6.02. The van der Waals surface area contributed by atoms with Crippen molar-refractivity contribution in [2.24, 2.45) is 39.0 Å². The molecule has 5 rings (SSSR count). The normalized spacial score (nSPS) is 29.7. The van der Waals surface area contributed by atoms with Crippen LogP contribution in [0.15, 0.2) is 51.3 Å². The molecule has 1 heterocycles. The molecule has 4 aliphatic rings. The first-order chi connectivity index (χ1) is 19.0. The molecule has 0 unspecified atom stereocenters. The van der Waals surface area contributed by atoms with Crippen LogP contribution in [0.25, 0.3) is 10.4 Å². The van der Waals surface area contributed by atoms with E-state index in [1.165, 1.54) is 24.3 Å². The summed E-state index contributed by atoms with van der Waals surface area (Å²) in [6.07, 6.45) is 1.25. The van der Waals surface area contributed by atoms with Crippen LogP contribution in [0.2, 0.25) is 0 Å². The number of allylic oxidation sites excluding steroid dienone is 1. The number of Topliss-reactive ketones (excluding diaryl/α,β-unsaturated/α-hetero) is 2. The molecule has 0 radical (unpaired) electrons. The van der Waals surface area contributed by atoms with Crippen molar-refractivity contribution in [3.05, 3.63) is 57.5 Å². The SMILES string of the molecule is CC[C@H]1C=C(C(=O)N[C@@]2(C(=O)CCc3ccc(C4(C(F)(F)F)N=N4)cc3)C[C@@H]2CCN=[N+]=[N-])[C@H]2CCC(=O)[C@H]2C1. The number of nitrogens with one attached hydrogen (secondary N) is 1. The molecule has 0 bridgehead atoms. The number of amides is 1. The molecule has 0 aromatic heterocycles. The van der Waals surface area contributed by atoms with Crippen molar-refractivity contribution in [2.75, 3.05) is 6.54 Å². The molecule has 1 amide bonds. The predicted octanol–water partition coefficient (Wildman–Crippen LogP) is 5.90. The minimum absolute atomic E-state index is 0.0750. The summed E-state index contributed by atoms with van der Waals surface area (Å²) in [6.45, 7) is 2.22. The number of carbonyl (C=O) groups is 3. The fourth-order valence-corrected chi connectivity index (χ4v) is 6.48. The first-order valence-corrected chi connectivity index (χ1v) is 13.8. The van der Waals surface area contributed by atoms with E-state index in [0.717, 1.165) is 12.8 Å². The van der Waals surface area contributed by atoms with Gasteiger partial charge >= 0.3 is 11.8 Å². The van der Waals surface area contributed by atoms with Gasteiger partial charge in [0.2, 0.25) is 5.91 Å². The second-order valence-electron chi connectivity index (χ2n) is 11.3. The number of ketones is 2. The summed E-state index contributed by atoms with van der Waals surface area (Å²) in [6, 6.07) is 5.71. The Kier molecular flexibility index (Phi) is 7.33. The number of azide groups is 1. The highest BCUT2D eigenvalue weighted by Crippen LogP contribution is 2.52. The second-order valence-corrected chi connectivity index (χ2v) is 11.3. The number of hydrogen-bond acceptors (Lipinski definition) is 6. The van der Waals surface area contributed by atoms with Crippen LogP contribution in [0.4, 0.5) is 13.2 Å². The van der Waals surface area contributed by atoms with E-state index >= 15 is 0 Å². The van der Waals surface area contributed by atoms with E-state index in [-0.39, 0.29) is 66.1 Å². The maximum Gasteiger partial charge on any atom is 0.442 e. The molecule has 1 aromatic rings. The summed E-state index contributed by atoms with van der Waals surface area (Å²) in [5, 5.41) is 13.0. The number of hydrogen-bond donors (Lipinski definition) is 1. The van der Waals surface area contributed by atoms with Crippen LogP contribution in [0.5, 0.6) is 0 Å². The second kappa shape index (κ2) is 10.5. The predicted molar refractivity (Wildman–Crippen MR) is 138 cm³/mol. The van der Waals surface area contributed by atoms with Crippen LogP contribution in [0.3, 0.4) is 0 Å². The third kappa shape index (κ3) is 5.05. The third-order valence-electron chi connectivity index (χ3n) is 9.03. The van der Waals surface area contributed by atoms with Crippen molar-refractivity contribution < 1.29 is 27.6 Å². The van der Waals surface area contributed by atoms with Gasteiger partial charge in [-0.25, -0.2) is 0 Å². The Labute approximate surface area is 229 Å². The van der Waals surface area contributed by atoms with E-state index in [0.29, 0.717) is 36.8 Å². The molecule has 9 nitrogen and oxygen atoms in total. The molecule has 212 valence electrons. The zero-order chi connectivity index (χ0) is 28.7. The van der Waals surface area contributed by atoms with Crippen molar-refractivity contribution in [3.63, 3.8) is 0 Å². The average molecular weight is 557 g/mol. The van der Waals surface area contributed by atoms with Crippen molar-refractivity contribution in [1.82, 2.24) is 5.32 Å². The Balaban J connectivity index is 1.28. The number of rotatable bonds is 11. The molecule has 40 heavy (non-hydrogen) atoms. The van der Waals surface area contributed by atoms with E-state index < -0.39 is 17.4 Å². The highest BCUT2D eigenvalue weighted by Gasteiger charge is 2.65. The molecule has 12 heteroatoms. The summed E-state index contributed by atoms with van der Waals surface area (Å²) in [4.78, 5) is 42.4. The lowest BCUT2D eigenvalue weighted by Crippen LogP contribution is -2.47. The molecule has 5 atom stereocenters. The molecule has 1 aliphatic heterocycles. The molecule has 2 saturated carbocycles. The van der Waals surface area contributed by atoms with Crippen LogP contribution >= 0.6 is 0 Å². The van der Waals surface area contributed by atoms with Gasteiger partial charge in [-0.2, -0.15) is 13.2 Å². The van der Waals surface area contributed by atoms with Crippen molar-refractivity contribution in [2.45, 2.75) is 75.7 Å². The Morgan fingerprint density at radius 2 is 1.93 bits per heavy atom. The van der Waals surface area contributed by atoms with Crippen molar-refractivity contribution in [1.29, 1.82) is 0 Å². The fourth-order valence-electron chi connectivity index (χ4n) is 6.48. The lowest BCUT2D eigenvalue weighted by molar-refractivity contribution is -0.166. The molecule has 1 aromatic carbocycles. The first-order valence-electron chi connectivity index (χ1n) is 13.8. The van der Waals surface area contributed by atoms with Crippen LogP contribution in [-0.4, -0.2) is 35.7 Å². The van der Waals surface area contributed by atoms with Gasteiger partial charge in [0.05, 0.1) is 0 Å². The van der Waals surface area contributed by atoms with Gasteiger partial charge in [0.25, 0.3) is 0 Å². The van der Waals surface area contributed by atoms with E-state index in [4.69, 9.17) is 5.53 Å². The highest BCUT2D eigenvalue weighted by atomic mass is 19.4. The van der Waals surface area contributed by atoms with Crippen LogP contribution < -0.4 is 5.32 Å². The minimum Gasteiger partial charge on any atom is -0.339 e. The van der Waals surface area contributed by atoms with Crippen LogP contribution in [-0.2, 0) is 26.5 Å². The van der Waals surface area contributed by atoms with E-state index in [9.17, 15) is 27.6 Å². The Bertz CT molecular complexity index is 1310. The monoisotopic (exact) mass is 556 g/mol. The molecular formula is C28H31F3N6O3. The van der Waals surface area contributed by atoms with Gasteiger partial charge in [0.1, 0.15) is 11.3 Å². The summed E-state index contributed by atoms with van der Waals surface area (Å²) in [7, 11) is 0. The standard InChI is InChI=1S/C28H31F3N6O3/c1-2-16-13-21-20(8-9-23(21)38)22(14-16)25(40)34-26(15-19(26)11-12-33-37-32)24(39)10-5-17-3-6-18(7-4-17)27(35-36-27)28(29,30)31/h3-4,6-7,14,16,19-21H,2,5,8-13,15H2,1H3,(H,34,40)/t16-,19+,20+,21+,26+/m1/s1. The Morgan fingerprint density at radius 3 is 2.55 bits per heavy atom. The minimum atomic E-state index is -4.61. The quantitative estimate of drug-likeness (QED) is 0.206. The van der Waals surface area contributed by atoms with E-state index in [1.807, 2.05) is 13.0 Å². The Morgan fingerprint density at radius 1 is 1.20 bits per heavy atom. The van der Waals surface area contributed by atoms with E-state index in [1.54, 1.807) is 0 Å². The topological polar surface area (TPSA) is 137 Å². The summed E-state index contributed by atoms with van der Waals surface area (Å²) in [5.41, 5.74) is 6.26. The molecule has 2 fully saturated rings. The van der Waals surface area contributed by atoms with Gasteiger partial charge in [-0.1, -0.05) is 42.4 Å². The van der Waals surface area contributed by atoms with Crippen LogP contribution in [0.1, 0.15) is 63.0 Å². The lowest BCUT2D eigenvalue weighted by atomic mass is 9.74. The largest absolute Gasteiger partial charge is 0.442 e. The van der Waals surface area contributed by atoms with Gasteiger partial charge in [-0.05, 0) is 67.4 Å². The fraction of sp³-hybridized carbons (Fsp3) is 0.607. The maximum absolute atomic E-state index is 13.6. The number of carbonyl (C=O) groups excluding carboxylic acids is 3. The smallest absolute Gasteiger partial charge is 0.339 e. The molecule has 0 saturated heterocycles. The zero-order valence-corrected chi connectivity index (χ0v) is 22.2. The maximum atomic E-state index is 13.6. The Hall–Kier alpha value is -3.53. The number of nitrogens with zero attached hydrogens (tertiary/aromatic N) is 5. The van der Waals surface area contributed by atoms with Gasteiger partial charge in [-0.15, -0.1) is 10.2 Å². The van der Waals surface area contributed by atoms with Gasteiger partial charge < -0.3 is 5.32 Å². The van der Waals surface area contributed by atoms with Gasteiger partial charge in [0.15, 0.2) is 5.78 Å². The molecule has 3 aliphatic carbocycles. The summed E-state index contributed by atoms with van der Waals surface area (Å²) in [5.74, 6) is -0.634. The number of halogens is 3. The third-order valence-corrected chi connectivity index (χ3v) is 9.03. The molecule has 1 N–H and O–H groups in total. The lowest BCUT2D eigenvalue weighted by Gasteiger charge is -2.31. The van der Waals surface area contributed by atoms with Crippen molar-refractivity contribution >= 4 is 17.5 Å². The number of alkyl halides is 3. The van der Waals surface area contributed by atoms with E-state index in [2.05, 4.69) is 25.6 Å².